The van der Waals surface area contributed by atoms with Crippen LogP contribution < -0.4 is 0 Å². The van der Waals surface area contributed by atoms with Crippen LogP contribution in [0.5, 0.6) is 0 Å². The molecule has 290 valence electrons. The zero-order valence-electron chi connectivity index (χ0n) is 32.3. The maximum absolute atomic E-state index is 3.21. The van der Waals surface area contributed by atoms with Gasteiger partial charge in [-0.25, -0.2) is 0 Å². The van der Waals surface area contributed by atoms with Gasteiger partial charge < -0.3 is 0 Å². The topological polar surface area (TPSA) is 0 Å². The number of rotatable bonds is 0. The molecule has 0 unspecified atom stereocenters. The monoisotopic (exact) mass is 1580 g/mol. The Morgan fingerprint density at radius 2 is 0.280 bits per heavy atom. The third kappa shape index (κ3) is 29.3. The van der Waals surface area contributed by atoms with Crippen LogP contribution in [0.15, 0.2) is 60.7 Å². The predicted molar refractivity (Wildman–Crippen MR) is 197 cm³/mol. The second kappa shape index (κ2) is 31.2. The average Bonchev–Trinajstić information content (AvgIpc) is 2.81. The Labute approximate surface area is 385 Å². The fourth-order valence-corrected chi connectivity index (χ4v) is 5.54. The largest absolute Gasteiger partial charge is 1.00 e. The predicted octanol–water partition coefficient (Wildman–Crippen LogP) is 12.0. The molecule has 5 heteroatoms. The molecular formula is C45H55Au5. The summed E-state index contributed by atoms with van der Waals surface area (Å²) in [6.07, 6.45) is 0. The third-order valence-electron chi connectivity index (χ3n) is 6.41. The molecule has 0 aliphatic rings. The number of hydrogen-bond donors (Lipinski definition) is 0. The van der Waals surface area contributed by atoms with Crippen LogP contribution in [-0.4, -0.2) is 0 Å². The van der Waals surface area contributed by atoms with E-state index in [1.165, 1.54) is 83.5 Å². The van der Waals surface area contributed by atoms with E-state index in [0.717, 1.165) is 0 Å². The van der Waals surface area contributed by atoms with Gasteiger partial charge in [0.2, 0.25) is 0 Å². The van der Waals surface area contributed by atoms with Crippen molar-refractivity contribution in [2.45, 2.75) is 104 Å². The van der Waals surface area contributed by atoms with Crippen molar-refractivity contribution < 1.29 is 112 Å². The fourth-order valence-electron chi connectivity index (χ4n) is 5.54. The van der Waals surface area contributed by atoms with E-state index in [9.17, 15) is 0 Å². The number of hydrogen-bond acceptors (Lipinski definition) is 0. The quantitative estimate of drug-likeness (QED) is 0.107. The van der Waals surface area contributed by atoms with E-state index in [-0.39, 0.29) is 112 Å². The van der Waals surface area contributed by atoms with Gasteiger partial charge in [-0.1, -0.05) is 104 Å². The van der Waals surface area contributed by atoms with Gasteiger partial charge in [0.15, 0.2) is 0 Å². The van der Waals surface area contributed by atoms with E-state index in [1.807, 2.05) is 0 Å². The molecule has 0 aromatic heterocycles. The molecule has 0 fully saturated rings. The van der Waals surface area contributed by atoms with Crippen molar-refractivity contribution in [2.24, 2.45) is 0 Å². The van der Waals surface area contributed by atoms with Gasteiger partial charge in [-0.3, -0.25) is 0 Å². The molecule has 0 bridgehead atoms. The third-order valence-corrected chi connectivity index (χ3v) is 6.41. The van der Waals surface area contributed by atoms with Gasteiger partial charge in [0.25, 0.3) is 0 Å². The summed E-state index contributed by atoms with van der Waals surface area (Å²) in [6, 6.07) is 37.4. The first kappa shape index (κ1) is 59.1. The van der Waals surface area contributed by atoms with Crippen LogP contribution in [0.25, 0.3) is 0 Å². The first-order chi connectivity index (χ1) is 20.9. The second-order valence-electron chi connectivity index (χ2n) is 12.6. The van der Waals surface area contributed by atoms with Gasteiger partial charge in [0, 0.05) is 0 Å². The molecule has 0 N–H and O–H groups in total. The van der Waals surface area contributed by atoms with E-state index in [2.05, 4.69) is 195 Å². The van der Waals surface area contributed by atoms with Gasteiger partial charge in [-0.15, -0.1) is 0 Å². The molecule has 0 amide bonds. The maximum atomic E-state index is 3.21. The van der Waals surface area contributed by atoms with Gasteiger partial charge in [0.1, 0.15) is 0 Å². The summed E-state index contributed by atoms with van der Waals surface area (Å²) in [5.74, 6) is 0. The van der Waals surface area contributed by atoms with Crippen molar-refractivity contribution in [1.82, 2.24) is 0 Å². The molecule has 5 aromatic rings. The normalized spacial score (nSPS) is 8.70. The van der Waals surface area contributed by atoms with Crippen molar-refractivity contribution >= 4 is 0 Å². The molecule has 0 nitrogen and oxygen atoms in total. The van der Waals surface area contributed by atoms with Gasteiger partial charge in [-0.05, 0) is 0 Å². The summed E-state index contributed by atoms with van der Waals surface area (Å²) in [5, 5.41) is 0. The smallest absolute Gasteiger partial charge is 0.177 e. The Morgan fingerprint density at radius 1 is 0.200 bits per heavy atom. The molecule has 0 saturated heterocycles. The Balaban J connectivity index is -0.000000165. The Morgan fingerprint density at radius 3 is 0.340 bits per heavy atom. The Kier molecular flexibility index (Phi) is 36.9. The van der Waals surface area contributed by atoms with E-state index in [0.29, 0.717) is 0 Å². The van der Waals surface area contributed by atoms with E-state index in [4.69, 9.17) is 0 Å². The average molecular weight is 1580 g/mol. The van der Waals surface area contributed by atoms with E-state index < -0.39 is 0 Å². The minimum Gasteiger partial charge on any atom is -0.177 e. The molecular weight excluding hydrogens is 1530 g/mol. The van der Waals surface area contributed by atoms with Crippen LogP contribution in [0.2, 0.25) is 0 Å². The summed E-state index contributed by atoms with van der Waals surface area (Å²) < 4.78 is 0. The molecule has 0 saturated carbocycles. The van der Waals surface area contributed by atoms with Crippen LogP contribution in [-0.2, 0) is 112 Å². The van der Waals surface area contributed by atoms with Crippen LogP contribution in [0.3, 0.4) is 0 Å². The molecule has 0 radical (unpaired) electrons. The Hall–Kier alpha value is -0.199. The summed E-state index contributed by atoms with van der Waals surface area (Å²) >= 11 is 0. The molecule has 5 aromatic carbocycles. The van der Waals surface area contributed by atoms with Crippen LogP contribution in [0.1, 0.15) is 83.5 Å². The standard InChI is InChI=1S/5C9H11.5Au/c5*1-7-4-8(2)6-9(3)5-7;;;;;/h5*4-5H,1-3H3;;;;;/q5*-1;5*+1. The minimum absolute atomic E-state index is 0. The van der Waals surface area contributed by atoms with Crippen molar-refractivity contribution in [3.8, 4) is 0 Å². The minimum atomic E-state index is 0. The van der Waals surface area contributed by atoms with Gasteiger partial charge in [-0.2, -0.15) is 174 Å². The van der Waals surface area contributed by atoms with Crippen molar-refractivity contribution in [1.29, 1.82) is 0 Å². The zero-order chi connectivity index (χ0) is 34.3. The summed E-state index contributed by atoms with van der Waals surface area (Å²) in [7, 11) is 0. The van der Waals surface area contributed by atoms with Crippen LogP contribution in [0.4, 0.5) is 0 Å². The Bertz CT molecular complexity index is 1110. The van der Waals surface area contributed by atoms with E-state index >= 15 is 0 Å². The van der Waals surface area contributed by atoms with Gasteiger partial charge >= 0.3 is 112 Å². The molecule has 50 heavy (non-hydrogen) atoms. The summed E-state index contributed by atoms with van der Waals surface area (Å²) in [4.78, 5) is 0. The summed E-state index contributed by atoms with van der Waals surface area (Å²) in [6.45, 7) is 31.2. The molecule has 0 spiro atoms. The summed E-state index contributed by atoms with van der Waals surface area (Å²) in [5.41, 5.74) is 18.9. The zero-order valence-corrected chi connectivity index (χ0v) is 43.1. The number of aryl methyl sites for hydroxylation is 15. The number of benzene rings is 5. The SMILES string of the molecule is Cc1[c-]c(C)cc(C)c1.Cc1[c-]c(C)cc(C)c1.Cc1[c-]c(C)cc(C)c1.Cc1[c-]c(C)cc(C)c1.Cc1[c-]c(C)cc(C)c1.[Au+].[Au+].[Au+].[Au+].[Au+]. The van der Waals surface area contributed by atoms with E-state index in [1.54, 1.807) is 0 Å². The molecule has 5 rings (SSSR count). The van der Waals surface area contributed by atoms with Gasteiger partial charge in [0.05, 0.1) is 0 Å². The first-order valence-electron chi connectivity index (χ1n) is 15.8. The van der Waals surface area contributed by atoms with Crippen LogP contribution in [0, 0.1) is 134 Å². The first-order valence-corrected chi connectivity index (χ1v) is 15.8. The maximum Gasteiger partial charge on any atom is 1.00 e. The molecule has 0 heterocycles. The molecule has 0 atom stereocenters. The second-order valence-corrected chi connectivity index (χ2v) is 12.6. The van der Waals surface area contributed by atoms with Crippen LogP contribution >= 0.6 is 0 Å². The van der Waals surface area contributed by atoms with Crippen molar-refractivity contribution in [3.05, 3.63) is 174 Å². The van der Waals surface area contributed by atoms with Crippen molar-refractivity contribution in [3.63, 3.8) is 0 Å². The molecule has 0 aliphatic carbocycles. The van der Waals surface area contributed by atoms with Crippen molar-refractivity contribution in [2.75, 3.05) is 0 Å². The fraction of sp³-hybridized carbons (Fsp3) is 0.333. The molecule has 0 aliphatic heterocycles.